The van der Waals surface area contributed by atoms with E-state index in [2.05, 4.69) is 15.6 Å². The molecule has 0 aliphatic heterocycles. The lowest BCUT2D eigenvalue weighted by Gasteiger charge is -2.21. The van der Waals surface area contributed by atoms with Crippen molar-refractivity contribution in [2.24, 2.45) is 10.7 Å². The number of nitrogens with two attached hydrogens (primary N) is 1. The van der Waals surface area contributed by atoms with Crippen molar-refractivity contribution in [3.05, 3.63) is 125 Å². The molecule has 0 aromatic heterocycles. The van der Waals surface area contributed by atoms with Gasteiger partial charge in [0.2, 0.25) is 5.91 Å². The average molecular weight is 649 g/mol. The Morgan fingerprint density at radius 1 is 0.896 bits per heavy atom. The molecule has 0 bridgehead atoms. The van der Waals surface area contributed by atoms with Gasteiger partial charge >= 0.3 is 5.97 Å². The Kier molecular flexibility index (Phi) is 11.5. The maximum absolute atomic E-state index is 13.8. The predicted molar refractivity (Wildman–Crippen MR) is 186 cm³/mol. The Hall–Kier alpha value is -5.77. The lowest BCUT2D eigenvalue weighted by atomic mass is 9.84. The summed E-state index contributed by atoms with van der Waals surface area (Å²) >= 11 is 0. The summed E-state index contributed by atoms with van der Waals surface area (Å²) in [6.45, 7) is 4.94. The van der Waals surface area contributed by atoms with Gasteiger partial charge in [0.05, 0.1) is 18.9 Å². The number of nitrogens with one attached hydrogen (secondary N) is 2. The Morgan fingerprint density at radius 3 is 2.15 bits per heavy atom. The Labute approximate surface area is 279 Å². The first kappa shape index (κ1) is 35.1. The minimum atomic E-state index is -1.13. The monoisotopic (exact) mass is 648 g/mol. The molecule has 48 heavy (non-hydrogen) atoms. The van der Waals surface area contributed by atoms with Gasteiger partial charge in [0.15, 0.2) is 0 Å². The van der Waals surface area contributed by atoms with Crippen LogP contribution in [0.4, 0.5) is 0 Å². The van der Waals surface area contributed by atoms with Crippen LogP contribution in [0.1, 0.15) is 43.0 Å². The fourth-order valence-electron chi connectivity index (χ4n) is 4.99. The van der Waals surface area contributed by atoms with E-state index in [1.54, 1.807) is 76.4 Å². The van der Waals surface area contributed by atoms with Crippen molar-refractivity contribution in [2.45, 2.75) is 51.6 Å². The second kappa shape index (κ2) is 15.7. The van der Waals surface area contributed by atoms with E-state index in [4.69, 9.17) is 10.5 Å². The minimum Gasteiger partial charge on any atom is -0.497 e. The first-order valence-corrected chi connectivity index (χ1v) is 15.4. The molecule has 0 aliphatic rings. The van der Waals surface area contributed by atoms with Crippen molar-refractivity contribution in [3.8, 4) is 5.75 Å². The number of nitrogens with zero attached hydrogens (tertiary/aromatic N) is 1. The third-order valence-corrected chi connectivity index (χ3v) is 8.13. The topological polar surface area (TPSA) is 160 Å². The smallest absolute Gasteiger partial charge is 0.313 e. The van der Waals surface area contributed by atoms with Crippen molar-refractivity contribution >= 4 is 40.2 Å². The molecule has 0 heterocycles. The number of fused-ring (bicyclic) bond motifs is 1. The van der Waals surface area contributed by atoms with Gasteiger partial charge in [-0.25, -0.2) is 4.99 Å². The normalized spacial score (nSPS) is 12.7. The summed E-state index contributed by atoms with van der Waals surface area (Å²) in [6, 6.07) is 26.3. The van der Waals surface area contributed by atoms with E-state index in [9.17, 15) is 24.3 Å². The molecular formula is C38H40N4O6. The number of methoxy groups -OCH3 is 1. The zero-order valence-electron chi connectivity index (χ0n) is 27.4. The largest absolute Gasteiger partial charge is 0.497 e. The molecule has 0 radical (unpaired) electrons. The number of rotatable bonds is 13. The van der Waals surface area contributed by atoms with Crippen LogP contribution in [0.2, 0.25) is 0 Å². The lowest BCUT2D eigenvalue weighted by molar-refractivity contribution is -0.142. The number of benzene rings is 4. The first-order valence-electron chi connectivity index (χ1n) is 15.4. The number of hydrogen-bond donors (Lipinski definition) is 4. The van der Waals surface area contributed by atoms with Crippen LogP contribution in [0, 0.1) is 0 Å². The minimum absolute atomic E-state index is 0.0149. The number of hydrogen-bond acceptors (Lipinski definition) is 6. The van der Waals surface area contributed by atoms with Gasteiger partial charge < -0.3 is 26.2 Å². The van der Waals surface area contributed by atoms with E-state index in [-0.39, 0.29) is 30.7 Å². The number of carbonyl (C=O) groups is 4. The van der Waals surface area contributed by atoms with Crippen molar-refractivity contribution in [3.63, 3.8) is 0 Å². The molecule has 4 rings (SSSR count). The summed E-state index contributed by atoms with van der Waals surface area (Å²) < 4.78 is 5.18. The third kappa shape index (κ3) is 8.94. The van der Waals surface area contributed by atoms with Crippen LogP contribution in [0.3, 0.4) is 0 Å². The van der Waals surface area contributed by atoms with Crippen LogP contribution < -0.4 is 21.1 Å². The quantitative estimate of drug-likeness (QED) is 0.154. The molecule has 5 N–H and O–H groups in total. The summed E-state index contributed by atoms with van der Waals surface area (Å²) in [5.74, 6) is -2.06. The van der Waals surface area contributed by atoms with E-state index >= 15 is 0 Å². The van der Waals surface area contributed by atoms with E-state index < -0.39 is 35.1 Å². The standard InChI is InChI=1S/C38H40N4O6/c1-24(22-39)34(36(45)40-23-26-12-17-31(48-4)18-13-26)42-35(44)32(20-25-10-15-30(16-11-25)38(2,3)37(46)47)41-33(43)21-27-9-14-28-7-5-6-8-29(28)19-27/h5-19,22,32H,20-21,23,39H2,1-4H3,(H,40,45)(H,41,43)(H,46,47)/b24-22-,42-34?. The third-order valence-electron chi connectivity index (χ3n) is 8.13. The zero-order valence-corrected chi connectivity index (χ0v) is 27.4. The van der Waals surface area contributed by atoms with Gasteiger partial charge in [0.1, 0.15) is 17.5 Å². The number of ether oxygens (including phenoxy) is 1. The summed E-state index contributed by atoms with van der Waals surface area (Å²) in [7, 11) is 1.56. The Balaban J connectivity index is 1.59. The Bertz CT molecular complexity index is 1860. The van der Waals surface area contributed by atoms with Crippen molar-refractivity contribution < 1.29 is 29.0 Å². The van der Waals surface area contributed by atoms with Gasteiger partial charge in [-0.05, 0) is 77.7 Å². The number of amides is 3. The van der Waals surface area contributed by atoms with Crippen LogP contribution in [-0.2, 0) is 44.0 Å². The van der Waals surface area contributed by atoms with E-state index in [1.807, 2.05) is 42.5 Å². The maximum Gasteiger partial charge on any atom is 0.313 e. The zero-order chi connectivity index (χ0) is 34.8. The summed E-state index contributed by atoms with van der Waals surface area (Å²) in [5, 5.41) is 17.2. The highest BCUT2D eigenvalue weighted by Crippen LogP contribution is 2.24. The van der Waals surface area contributed by atoms with Crippen molar-refractivity contribution in [2.75, 3.05) is 7.11 Å². The molecule has 0 fully saturated rings. The number of carboxylic acids is 1. The maximum atomic E-state index is 13.8. The molecule has 0 saturated carbocycles. The highest BCUT2D eigenvalue weighted by molar-refractivity contribution is 6.46. The summed E-state index contributed by atoms with van der Waals surface area (Å²) in [5.41, 5.74) is 7.54. The highest BCUT2D eigenvalue weighted by atomic mass is 16.5. The SMILES string of the molecule is COc1ccc(CNC(=O)C(=NC(=O)C(Cc2ccc(C(C)(C)C(=O)O)cc2)NC(=O)Cc2ccc3ccccc3c2)/C(C)=C\N)cc1. The summed E-state index contributed by atoms with van der Waals surface area (Å²) in [6.07, 6.45) is 1.25. The van der Waals surface area contributed by atoms with Gasteiger partial charge in [-0.15, -0.1) is 0 Å². The predicted octanol–water partition coefficient (Wildman–Crippen LogP) is 4.63. The van der Waals surface area contributed by atoms with Crippen LogP contribution in [0.5, 0.6) is 5.75 Å². The molecule has 1 unspecified atom stereocenters. The molecule has 4 aromatic carbocycles. The molecule has 10 nitrogen and oxygen atoms in total. The second-order valence-electron chi connectivity index (χ2n) is 12.0. The van der Waals surface area contributed by atoms with E-state index in [0.29, 0.717) is 16.9 Å². The number of carboxylic acid groups (broad SMARTS) is 1. The van der Waals surface area contributed by atoms with Crippen LogP contribution in [0.25, 0.3) is 10.8 Å². The summed E-state index contributed by atoms with van der Waals surface area (Å²) in [4.78, 5) is 56.3. The average Bonchev–Trinajstić information content (AvgIpc) is 3.09. The van der Waals surface area contributed by atoms with Crippen LogP contribution >= 0.6 is 0 Å². The molecule has 4 aromatic rings. The Morgan fingerprint density at radius 2 is 1.52 bits per heavy atom. The molecule has 248 valence electrons. The molecule has 3 amide bonds. The van der Waals surface area contributed by atoms with Gasteiger partial charge in [0.25, 0.3) is 11.8 Å². The van der Waals surface area contributed by atoms with Gasteiger partial charge in [0, 0.05) is 13.0 Å². The fraction of sp³-hybridized carbons (Fsp3) is 0.237. The number of aliphatic carboxylic acids is 1. The lowest BCUT2D eigenvalue weighted by Crippen LogP contribution is -2.43. The molecular weight excluding hydrogens is 608 g/mol. The van der Waals surface area contributed by atoms with E-state index in [1.165, 1.54) is 6.20 Å². The number of aliphatic imine (C=N–C) groups is 1. The fourth-order valence-corrected chi connectivity index (χ4v) is 4.99. The van der Waals surface area contributed by atoms with Gasteiger partial charge in [-0.1, -0.05) is 78.9 Å². The molecule has 0 saturated heterocycles. The number of carbonyl (C=O) groups excluding carboxylic acids is 3. The van der Waals surface area contributed by atoms with E-state index in [0.717, 1.165) is 21.9 Å². The second-order valence-corrected chi connectivity index (χ2v) is 12.0. The first-order chi connectivity index (χ1) is 22.9. The van der Waals surface area contributed by atoms with Crippen LogP contribution in [-0.4, -0.2) is 47.7 Å². The van der Waals surface area contributed by atoms with Crippen molar-refractivity contribution in [1.29, 1.82) is 0 Å². The van der Waals surface area contributed by atoms with Gasteiger partial charge in [-0.3, -0.25) is 19.2 Å². The molecule has 1 atom stereocenters. The van der Waals surface area contributed by atoms with Gasteiger partial charge in [-0.2, -0.15) is 0 Å². The molecule has 0 spiro atoms. The van der Waals surface area contributed by atoms with Crippen LogP contribution in [0.15, 0.2) is 108 Å². The highest BCUT2D eigenvalue weighted by Gasteiger charge is 2.30. The molecule has 10 heteroatoms. The molecule has 0 aliphatic carbocycles. The van der Waals surface area contributed by atoms with Crippen molar-refractivity contribution in [1.82, 2.24) is 10.6 Å².